The van der Waals surface area contributed by atoms with Crippen LogP contribution in [0.5, 0.6) is 0 Å². The number of hydrogen-bond donors (Lipinski definition) is 1. The monoisotopic (exact) mass is 146 g/mol. The van der Waals surface area contributed by atoms with Gasteiger partial charge in [-0.3, -0.25) is 0 Å². The maximum atomic E-state index is 8.25. The van der Waals surface area contributed by atoms with E-state index in [1.807, 2.05) is 0 Å². The summed E-state index contributed by atoms with van der Waals surface area (Å²) >= 11 is 0. The van der Waals surface area contributed by atoms with E-state index < -0.39 is 0 Å². The fourth-order valence-corrected chi connectivity index (χ4v) is 0.378. The predicted octanol–water partition coefficient (Wildman–Crippen LogP) is 1.12. The third kappa shape index (κ3) is 8.56. The van der Waals surface area contributed by atoms with Gasteiger partial charge in [-0.15, -0.1) is 6.58 Å². The van der Waals surface area contributed by atoms with E-state index in [0.29, 0.717) is 6.42 Å². The molecule has 1 heteroatoms. The number of rotatable bonds is 1. The first-order chi connectivity index (χ1) is 5.41. The van der Waals surface area contributed by atoms with Crippen LogP contribution >= 0.6 is 0 Å². The molecule has 0 atom stereocenters. The quantitative estimate of drug-likeness (QED) is 0.434. The molecule has 0 heterocycles. The van der Waals surface area contributed by atoms with Gasteiger partial charge >= 0.3 is 0 Å². The van der Waals surface area contributed by atoms with Crippen LogP contribution in [0.2, 0.25) is 0 Å². The van der Waals surface area contributed by atoms with Gasteiger partial charge in [0, 0.05) is 6.42 Å². The van der Waals surface area contributed by atoms with Gasteiger partial charge in [0.25, 0.3) is 0 Å². The minimum Gasteiger partial charge on any atom is -0.384 e. The summed E-state index contributed by atoms with van der Waals surface area (Å²) in [7, 11) is 0. The molecule has 0 aromatic heterocycles. The summed E-state index contributed by atoms with van der Waals surface area (Å²) in [6.07, 6.45) is 5.68. The lowest BCUT2D eigenvalue weighted by molar-refractivity contribution is 0.350. The Hall–Kier alpha value is -1.44. The second kappa shape index (κ2) is 8.56. The minimum absolute atomic E-state index is 0.107. The Bertz CT molecular complexity index is 240. The zero-order valence-electron chi connectivity index (χ0n) is 6.30. The molecule has 11 heavy (non-hydrogen) atoms. The molecular formula is C10H10O. The van der Waals surface area contributed by atoms with Gasteiger partial charge in [0.15, 0.2) is 0 Å². The van der Waals surface area contributed by atoms with Crippen LogP contribution in [0.25, 0.3) is 0 Å². The summed E-state index contributed by atoms with van der Waals surface area (Å²) in [6, 6.07) is 0. The van der Waals surface area contributed by atoms with Crippen LogP contribution < -0.4 is 0 Å². The molecule has 0 bridgehead atoms. The SMILES string of the molecule is C=CCC#C/C=C/C#CCO. The molecular weight excluding hydrogens is 136 g/mol. The van der Waals surface area contributed by atoms with E-state index in [9.17, 15) is 0 Å². The maximum Gasteiger partial charge on any atom is 0.104 e. The van der Waals surface area contributed by atoms with E-state index in [1.54, 1.807) is 18.2 Å². The van der Waals surface area contributed by atoms with Gasteiger partial charge < -0.3 is 5.11 Å². The van der Waals surface area contributed by atoms with E-state index in [1.165, 1.54) is 0 Å². The molecule has 0 fully saturated rings. The maximum absolute atomic E-state index is 8.25. The average Bonchev–Trinajstić information content (AvgIpc) is 2.03. The third-order valence-electron chi connectivity index (χ3n) is 0.780. The van der Waals surface area contributed by atoms with Gasteiger partial charge in [0.05, 0.1) is 0 Å². The standard InChI is InChI=1S/C10H10O/c1-2-3-4-5-6-7-8-9-10-11/h2,6-7,11H,1,3,10H2/b7-6+. The lowest BCUT2D eigenvalue weighted by Gasteiger charge is -1.68. The zero-order valence-corrected chi connectivity index (χ0v) is 6.30. The first-order valence-electron chi connectivity index (χ1n) is 3.25. The number of allylic oxidation sites excluding steroid dienone is 3. The Morgan fingerprint density at radius 2 is 1.82 bits per heavy atom. The topological polar surface area (TPSA) is 20.2 Å². The van der Waals surface area contributed by atoms with Crippen LogP contribution in [0.4, 0.5) is 0 Å². The number of hydrogen-bond acceptors (Lipinski definition) is 1. The Morgan fingerprint density at radius 1 is 1.18 bits per heavy atom. The highest BCUT2D eigenvalue weighted by Gasteiger charge is 1.61. The molecule has 1 nitrogen and oxygen atoms in total. The normalized spacial score (nSPS) is 7.73. The second-order valence-corrected chi connectivity index (χ2v) is 1.63. The zero-order chi connectivity index (χ0) is 8.36. The highest BCUT2D eigenvalue weighted by atomic mass is 16.2. The summed E-state index contributed by atoms with van der Waals surface area (Å²) < 4.78 is 0. The summed E-state index contributed by atoms with van der Waals surface area (Å²) in [5.41, 5.74) is 0. The summed E-state index contributed by atoms with van der Waals surface area (Å²) in [5.74, 6) is 10.7. The van der Waals surface area contributed by atoms with E-state index in [4.69, 9.17) is 5.11 Å². The van der Waals surface area contributed by atoms with E-state index in [2.05, 4.69) is 30.3 Å². The molecule has 0 aliphatic carbocycles. The predicted molar refractivity (Wildman–Crippen MR) is 46.6 cm³/mol. The van der Waals surface area contributed by atoms with Crippen molar-refractivity contribution in [1.82, 2.24) is 0 Å². The smallest absolute Gasteiger partial charge is 0.104 e. The largest absolute Gasteiger partial charge is 0.384 e. The van der Waals surface area contributed by atoms with Crippen molar-refractivity contribution in [1.29, 1.82) is 0 Å². The van der Waals surface area contributed by atoms with Gasteiger partial charge in [0.2, 0.25) is 0 Å². The van der Waals surface area contributed by atoms with E-state index >= 15 is 0 Å². The molecule has 0 amide bonds. The molecule has 0 aromatic carbocycles. The third-order valence-corrected chi connectivity index (χ3v) is 0.780. The summed E-state index contributed by atoms with van der Waals surface area (Å²) in [5, 5.41) is 8.25. The summed E-state index contributed by atoms with van der Waals surface area (Å²) in [6.45, 7) is 3.41. The molecule has 0 aromatic rings. The minimum atomic E-state index is -0.107. The van der Waals surface area contributed by atoms with Crippen LogP contribution in [0, 0.1) is 23.7 Å². The molecule has 1 N–H and O–H groups in total. The van der Waals surface area contributed by atoms with Crippen molar-refractivity contribution < 1.29 is 5.11 Å². The van der Waals surface area contributed by atoms with Gasteiger partial charge in [-0.25, -0.2) is 0 Å². The van der Waals surface area contributed by atoms with E-state index in [0.717, 1.165) is 0 Å². The van der Waals surface area contributed by atoms with Crippen molar-refractivity contribution in [3.05, 3.63) is 24.8 Å². The van der Waals surface area contributed by atoms with Gasteiger partial charge in [-0.1, -0.05) is 29.8 Å². The van der Waals surface area contributed by atoms with Crippen molar-refractivity contribution in [2.45, 2.75) is 6.42 Å². The van der Waals surface area contributed by atoms with Crippen molar-refractivity contribution in [2.24, 2.45) is 0 Å². The number of aliphatic hydroxyl groups is 1. The molecule has 0 aliphatic rings. The van der Waals surface area contributed by atoms with Crippen molar-refractivity contribution in [2.75, 3.05) is 6.61 Å². The van der Waals surface area contributed by atoms with Crippen LogP contribution in [-0.2, 0) is 0 Å². The van der Waals surface area contributed by atoms with Crippen LogP contribution in [0.1, 0.15) is 6.42 Å². The fraction of sp³-hybridized carbons (Fsp3) is 0.200. The molecule has 0 saturated heterocycles. The Balaban J connectivity index is 3.61. The second-order valence-electron chi connectivity index (χ2n) is 1.63. The lowest BCUT2D eigenvalue weighted by atomic mass is 10.4. The van der Waals surface area contributed by atoms with Gasteiger partial charge in [-0.05, 0) is 12.2 Å². The highest BCUT2D eigenvalue weighted by Crippen LogP contribution is 1.73. The van der Waals surface area contributed by atoms with Crippen LogP contribution in [0.15, 0.2) is 24.8 Å². The van der Waals surface area contributed by atoms with Gasteiger partial charge in [-0.2, -0.15) is 0 Å². The Morgan fingerprint density at radius 3 is 2.36 bits per heavy atom. The fourth-order valence-electron chi connectivity index (χ4n) is 0.378. The molecule has 0 rings (SSSR count). The highest BCUT2D eigenvalue weighted by molar-refractivity contribution is 5.25. The Labute approximate surface area is 67.4 Å². The Kier molecular flexibility index (Phi) is 7.44. The summed E-state index contributed by atoms with van der Waals surface area (Å²) in [4.78, 5) is 0. The van der Waals surface area contributed by atoms with Crippen molar-refractivity contribution in [3.63, 3.8) is 0 Å². The van der Waals surface area contributed by atoms with Crippen LogP contribution in [0.3, 0.4) is 0 Å². The molecule has 0 unspecified atom stereocenters. The lowest BCUT2D eigenvalue weighted by Crippen LogP contribution is -1.68. The number of aliphatic hydroxyl groups excluding tert-OH is 1. The first-order valence-corrected chi connectivity index (χ1v) is 3.25. The van der Waals surface area contributed by atoms with Crippen LogP contribution in [-0.4, -0.2) is 11.7 Å². The average molecular weight is 146 g/mol. The van der Waals surface area contributed by atoms with Gasteiger partial charge in [0.1, 0.15) is 6.61 Å². The van der Waals surface area contributed by atoms with E-state index in [-0.39, 0.29) is 6.61 Å². The molecule has 56 valence electrons. The molecule has 0 aliphatic heterocycles. The first kappa shape index (κ1) is 9.56. The van der Waals surface area contributed by atoms with Crippen molar-refractivity contribution in [3.8, 4) is 23.7 Å². The molecule has 0 saturated carbocycles. The molecule has 0 spiro atoms. The molecule has 0 radical (unpaired) electrons. The van der Waals surface area contributed by atoms with Crippen molar-refractivity contribution >= 4 is 0 Å².